The maximum atomic E-state index is 5.27. The number of para-hydroxylation sites is 1. The zero-order valence-electron chi connectivity index (χ0n) is 11.1. The van der Waals surface area contributed by atoms with Crippen molar-refractivity contribution in [1.82, 2.24) is 14.9 Å². The molecule has 0 amide bonds. The van der Waals surface area contributed by atoms with E-state index in [2.05, 4.69) is 15.3 Å². The maximum absolute atomic E-state index is 5.27. The Morgan fingerprint density at radius 3 is 2.84 bits per heavy atom. The lowest BCUT2D eigenvalue weighted by Crippen LogP contribution is -2.01. The van der Waals surface area contributed by atoms with E-state index in [1.165, 1.54) is 0 Å². The molecular weight excluding hydrogens is 260 g/mol. The molecule has 1 heterocycles. The number of aromatic nitrogens is 3. The summed E-state index contributed by atoms with van der Waals surface area (Å²) in [5, 5.41) is 11.3. The number of hydrogen-bond donors (Lipinski definition) is 1. The number of benzene rings is 1. The van der Waals surface area contributed by atoms with Gasteiger partial charge in [0.15, 0.2) is 5.82 Å². The van der Waals surface area contributed by atoms with Crippen molar-refractivity contribution in [2.45, 2.75) is 19.8 Å². The van der Waals surface area contributed by atoms with E-state index < -0.39 is 0 Å². The summed E-state index contributed by atoms with van der Waals surface area (Å²) in [6.45, 7) is 4.08. The van der Waals surface area contributed by atoms with Gasteiger partial charge in [-0.05, 0) is 24.4 Å². The second kappa shape index (κ2) is 5.79. The summed E-state index contributed by atoms with van der Waals surface area (Å²) in [6.07, 6.45) is 1.72. The highest BCUT2D eigenvalue weighted by Gasteiger charge is 2.09. The molecule has 1 aromatic carbocycles. The molecule has 0 fully saturated rings. The molecule has 100 valence electrons. The van der Waals surface area contributed by atoms with E-state index in [1.807, 2.05) is 38.1 Å². The number of rotatable bonds is 4. The van der Waals surface area contributed by atoms with Gasteiger partial charge in [-0.3, -0.25) is 5.10 Å². The van der Waals surface area contributed by atoms with Gasteiger partial charge in [-0.2, -0.15) is 14.9 Å². The molecule has 2 rings (SSSR count). The lowest BCUT2D eigenvalue weighted by molar-refractivity contribution is 0.414. The number of aromatic amines is 1. The molecule has 2 aromatic rings. The van der Waals surface area contributed by atoms with E-state index in [0.717, 1.165) is 17.1 Å². The highest BCUT2D eigenvalue weighted by molar-refractivity contribution is 7.71. The van der Waals surface area contributed by atoms with Crippen LogP contribution in [0, 0.1) is 4.77 Å². The molecule has 0 spiro atoms. The van der Waals surface area contributed by atoms with Crippen LogP contribution in [0.3, 0.4) is 0 Å². The standard InChI is InChI=1S/C13H16N4OS/c1-9(2)12-15-16-13(19)17(12)14-8-10-6-4-5-7-11(10)18-3/h4-9H,1-3H3,(H,16,19)/b14-8-. The van der Waals surface area contributed by atoms with Gasteiger partial charge in [0.05, 0.1) is 13.3 Å². The minimum absolute atomic E-state index is 0.239. The third kappa shape index (κ3) is 2.90. The van der Waals surface area contributed by atoms with Crippen molar-refractivity contribution >= 4 is 18.4 Å². The van der Waals surface area contributed by atoms with Gasteiger partial charge in [-0.15, -0.1) is 0 Å². The van der Waals surface area contributed by atoms with Gasteiger partial charge < -0.3 is 4.74 Å². The van der Waals surface area contributed by atoms with Gasteiger partial charge >= 0.3 is 0 Å². The van der Waals surface area contributed by atoms with E-state index in [4.69, 9.17) is 17.0 Å². The van der Waals surface area contributed by atoms with E-state index >= 15 is 0 Å². The highest BCUT2D eigenvalue weighted by atomic mass is 32.1. The van der Waals surface area contributed by atoms with Crippen molar-refractivity contribution in [3.05, 3.63) is 40.4 Å². The first-order valence-corrected chi connectivity index (χ1v) is 6.39. The quantitative estimate of drug-likeness (QED) is 0.690. The first-order chi connectivity index (χ1) is 9.13. The third-order valence-electron chi connectivity index (χ3n) is 2.64. The number of ether oxygens (including phenoxy) is 1. The van der Waals surface area contributed by atoms with E-state index in [1.54, 1.807) is 18.0 Å². The Bertz CT molecular complexity index is 642. The van der Waals surface area contributed by atoms with Crippen LogP contribution < -0.4 is 4.74 Å². The zero-order valence-corrected chi connectivity index (χ0v) is 11.9. The Hall–Kier alpha value is -1.95. The maximum Gasteiger partial charge on any atom is 0.216 e. The van der Waals surface area contributed by atoms with Crippen LogP contribution in [0.25, 0.3) is 0 Å². The summed E-state index contributed by atoms with van der Waals surface area (Å²) < 4.78 is 7.39. The predicted octanol–water partition coefficient (Wildman–Crippen LogP) is 2.95. The van der Waals surface area contributed by atoms with E-state index in [9.17, 15) is 0 Å². The van der Waals surface area contributed by atoms with Crippen LogP contribution in [-0.4, -0.2) is 28.2 Å². The van der Waals surface area contributed by atoms with Gasteiger partial charge in [-0.25, -0.2) is 0 Å². The van der Waals surface area contributed by atoms with Crippen LogP contribution in [0.2, 0.25) is 0 Å². The first kappa shape index (κ1) is 13.5. The summed E-state index contributed by atoms with van der Waals surface area (Å²) in [7, 11) is 1.63. The van der Waals surface area contributed by atoms with Crippen molar-refractivity contribution in [3.63, 3.8) is 0 Å². The molecule has 0 saturated carbocycles. The molecule has 1 N–H and O–H groups in total. The molecular formula is C13H16N4OS. The van der Waals surface area contributed by atoms with Gasteiger partial charge in [0.2, 0.25) is 4.77 Å². The van der Waals surface area contributed by atoms with E-state index in [-0.39, 0.29) is 5.92 Å². The Balaban J connectivity index is 2.38. The molecule has 0 aliphatic carbocycles. The molecule has 0 atom stereocenters. The van der Waals surface area contributed by atoms with Crippen LogP contribution in [0.1, 0.15) is 31.2 Å². The predicted molar refractivity (Wildman–Crippen MR) is 77.5 cm³/mol. The number of H-pyrrole nitrogens is 1. The number of nitrogens with one attached hydrogen (secondary N) is 1. The third-order valence-corrected chi connectivity index (χ3v) is 2.91. The first-order valence-electron chi connectivity index (χ1n) is 5.98. The Morgan fingerprint density at radius 2 is 2.16 bits per heavy atom. The average molecular weight is 276 g/mol. The lowest BCUT2D eigenvalue weighted by atomic mass is 10.2. The Kier molecular flexibility index (Phi) is 4.11. The smallest absolute Gasteiger partial charge is 0.216 e. The Morgan fingerprint density at radius 1 is 1.42 bits per heavy atom. The number of nitrogens with zero attached hydrogens (tertiary/aromatic N) is 3. The summed E-state index contributed by atoms with van der Waals surface area (Å²) in [5.74, 6) is 1.81. The molecule has 0 unspecified atom stereocenters. The van der Waals surface area contributed by atoms with Crippen molar-refractivity contribution < 1.29 is 4.74 Å². The van der Waals surface area contributed by atoms with Crippen LogP contribution in [0.4, 0.5) is 0 Å². The fourth-order valence-electron chi connectivity index (χ4n) is 1.68. The van der Waals surface area contributed by atoms with Gasteiger partial charge in [0.25, 0.3) is 0 Å². The molecule has 5 nitrogen and oxygen atoms in total. The van der Waals surface area contributed by atoms with Gasteiger partial charge in [0.1, 0.15) is 5.75 Å². The van der Waals surface area contributed by atoms with Crippen molar-refractivity contribution in [1.29, 1.82) is 0 Å². The van der Waals surface area contributed by atoms with Crippen LogP contribution >= 0.6 is 12.2 Å². The SMILES string of the molecule is COc1ccccc1/C=N\n1c(C(C)C)n[nH]c1=S. The number of hydrogen-bond acceptors (Lipinski definition) is 4. The minimum Gasteiger partial charge on any atom is -0.496 e. The van der Waals surface area contributed by atoms with Gasteiger partial charge in [0, 0.05) is 11.5 Å². The van der Waals surface area contributed by atoms with Crippen LogP contribution in [0.15, 0.2) is 29.4 Å². The number of methoxy groups -OCH3 is 1. The van der Waals surface area contributed by atoms with Crippen LogP contribution in [0.5, 0.6) is 5.75 Å². The van der Waals surface area contributed by atoms with Gasteiger partial charge in [-0.1, -0.05) is 26.0 Å². The summed E-state index contributed by atoms with van der Waals surface area (Å²) >= 11 is 5.17. The summed E-state index contributed by atoms with van der Waals surface area (Å²) in [5.41, 5.74) is 0.891. The monoisotopic (exact) mass is 276 g/mol. The fraction of sp³-hybridized carbons (Fsp3) is 0.308. The lowest BCUT2D eigenvalue weighted by Gasteiger charge is -2.05. The molecule has 0 aliphatic rings. The fourth-order valence-corrected chi connectivity index (χ4v) is 1.87. The van der Waals surface area contributed by atoms with Crippen molar-refractivity contribution in [2.75, 3.05) is 7.11 Å². The normalized spacial score (nSPS) is 11.4. The minimum atomic E-state index is 0.239. The van der Waals surface area contributed by atoms with Crippen molar-refractivity contribution in [2.24, 2.45) is 5.10 Å². The highest BCUT2D eigenvalue weighted by Crippen LogP contribution is 2.16. The topological polar surface area (TPSA) is 55.2 Å². The molecule has 0 radical (unpaired) electrons. The van der Waals surface area contributed by atoms with Crippen LogP contribution in [-0.2, 0) is 0 Å². The summed E-state index contributed by atoms with van der Waals surface area (Å²) in [6, 6.07) is 7.67. The molecule has 0 saturated heterocycles. The summed E-state index contributed by atoms with van der Waals surface area (Å²) in [4.78, 5) is 0. The molecule has 6 heteroatoms. The second-order valence-electron chi connectivity index (χ2n) is 4.34. The molecule has 0 aliphatic heterocycles. The molecule has 0 bridgehead atoms. The zero-order chi connectivity index (χ0) is 13.8. The van der Waals surface area contributed by atoms with E-state index in [0.29, 0.717) is 4.77 Å². The largest absolute Gasteiger partial charge is 0.496 e. The molecule has 19 heavy (non-hydrogen) atoms. The van der Waals surface area contributed by atoms with Crippen molar-refractivity contribution in [3.8, 4) is 5.75 Å². The average Bonchev–Trinajstić information content (AvgIpc) is 2.78. The second-order valence-corrected chi connectivity index (χ2v) is 4.73. The molecule has 1 aromatic heterocycles. The Labute approximate surface area is 116 Å².